The molecule has 10 heteroatoms. The van der Waals surface area contributed by atoms with E-state index in [1.54, 1.807) is 18.2 Å². The van der Waals surface area contributed by atoms with Crippen molar-refractivity contribution >= 4 is 33.0 Å². The van der Waals surface area contributed by atoms with Gasteiger partial charge >= 0.3 is 6.18 Å². The molecule has 0 unspecified atom stereocenters. The molecule has 0 radical (unpaired) electrons. The quantitative estimate of drug-likeness (QED) is 0.589. The van der Waals surface area contributed by atoms with Gasteiger partial charge in [0.2, 0.25) is 0 Å². The normalized spacial score (nSPS) is 12.0. The van der Waals surface area contributed by atoms with E-state index in [-0.39, 0.29) is 22.1 Å². The molecule has 1 N–H and O–H groups in total. The van der Waals surface area contributed by atoms with E-state index in [1.807, 2.05) is 0 Å². The Balaban J connectivity index is 1.75. The maximum absolute atomic E-state index is 12.9. The van der Waals surface area contributed by atoms with Gasteiger partial charge < -0.3 is 9.73 Å². The number of amides is 1. The standard InChI is InChI=1S/C19H13ClF3NO4S/c20-16-8-6-12(10-15(16)19(21,22)23)24-18(25)17-9-7-13(28-17)11-29(26,27)14-4-2-1-3-5-14/h1-10H,11H2,(H,24,25). The zero-order valence-corrected chi connectivity index (χ0v) is 16.1. The molecule has 0 aliphatic rings. The first-order chi connectivity index (χ1) is 13.6. The SMILES string of the molecule is O=C(Nc1ccc(Cl)c(C(F)(F)F)c1)c1ccc(CS(=O)(=O)c2ccccc2)o1. The third-order valence-corrected chi connectivity index (χ3v) is 5.83. The Bertz CT molecular complexity index is 1140. The molecule has 0 bridgehead atoms. The number of nitrogens with one attached hydrogen (secondary N) is 1. The van der Waals surface area contributed by atoms with Crippen LogP contribution in [-0.2, 0) is 21.8 Å². The first kappa shape index (κ1) is 20.9. The lowest BCUT2D eigenvalue weighted by atomic mass is 10.2. The number of halogens is 4. The van der Waals surface area contributed by atoms with Crippen LogP contribution >= 0.6 is 11.6 Å². The van der Waals surface area contributed by atoms with Crippen molar-refractivity contribution in [3.8, 4) is 0 Å². The van der Waals surface area contributed by atoms with E-state index >= 15 is 0 Å². The molecule has 0 spiro atoms. The summed E-state index contributed by atoms with van der Waals surface area (Å²) in [6.07, 6.45) is -4.68. The van der Waals surface area contributed by atoms with Crippen molar-refractivity contribution < 1.29 is 30.8 Å². The fraction of sp³-hybridized carbons (Fsp3) is 0.105. The monoisotopic (exact) mass is 443 g/mol. The average Bonchev–Trinajstić information content (AvgIpc) is 3.11. The number of hydrogen-bond donors (Lipinski definition) is 1. The van der Waals surface area contributed by atoms with Crippen LogP contribution in [0.3, 0.4) is 0 Å². The number of alkyl halides is 3. The Morgan fingerprint density at radius 3 is 2.38 bits per heavy atom. The van der Waals surface area contributed by atoms with Gasteiger partial charge in [0.1, 0.15) is 11.5 Å². The summed E-state index contributed by atoms with van der Waals surface area (Å²) in [6, 6.07) is 13.2. The molecule has 3 rings (SSSR count). The maximum atomic E-state index is 12.9. The highest BCUT2D eigenvalue weighted by atomic mass is 35.5. The summed E-state index contributed by atoms with van der Waals surface area (Å²) in [5, 5.41) is 1.77. The van der Waals surface area contributed by atoms with Crippen molar-refractivity contribution in [2.45, 2.75) is 16.8 Å². The Labute approximate surface area is 169 Å². The van der Waals surface area contributed by atoms with Crippen LogP contribution < -0.4 is 5.32 Å². The van der Waals surface area contributed by atoms with Crippen molar-refractivity contribution in [1.29, 1.82) is 0 Å². The fourth-order valence-corrected chi connectivity index (χ4v) is 3.98. The number of rotatable bonds is 5. The van der Waals surface area contributed by atoms with E-state index < -0.39 is 38.3 Å². The minimum atomic E-state index is -4.68. The molecule has 1 amide bonds. The molecular weight excluding hydrogens is 431 g/mol. The largest absolute Gasteiger partial charge is 0.455 e. The highest BCUT2D eigenvalue weighted by Crippen LogP contribution is 2.36. The number of carbonyl (C=O) groups excluding carboxylic acids is 1. The minimum Gasteiger partial charge on any atom is -0.455 e. The van der Waals surface area contributed by atoms with Crippen LogP contribution in [0.25, 0.3) is 0 Å². The molecular formula is C19H13ClF3NO4S. The van der Waals surface area contributed by atoms with Gasteiger partial charge in [-0.1, -0.05) is 29.8 Å². The molecule has 0 aliphatic heterocycles. The number of hydrogen-bond acceptors (Lipinski definition) is 4. The highest BCUT2D eigenvalue weighted by Gasteiger charge is 2.33. The third kappa shape index (κ3) is 4.99. The molecule has 2 aromatic carbocycles. The molecule has 0 saturated heterocycles. The first-order valence-corrected chi connectivity index (χ1v) is 10.1. The molecule has 1 aromatic heterocycles. The van der Waals surface area contributed by atoms with Gasteiger partial charge in [0, 0.05) is 5.69 Å². The number of furan rings is 1. The van der Waals surface area contributed by atoms with Crippen LogP contribution in [0.1, 0.15) is 21.9 Å². The molecule has 0 saturated carbocycles. The Morgan fingerprint density at radius 2 is 1.72 bits per heavy atom. The summed E-state index contributed by atoms with van der Waals surface area (Å²) in [4.78, 5) is 12.3. The van der Waals surface area contributed by atoms with Gasteiger partial charge in [-0.3, -0.25) is 4.79 Å². The van der Waals surface area contributed by atoms with Crippen LogP contribution in [-0.4, -0.2) is 14.3 Å². The average molecular weight is 444 g/mol. The van der Waals surface area contributed by atoms with Crippen LogP contribution in [0, 0.1) is 0 Å². The van der Waals surface area contributed by atoms with Gasteiger partial charge in [-0.15, -0.1) is 0 Å². The first-order valence-electron chi connectivity index (χ1n) is 8.11. The summed E-state index contributed by atoms with van der Waals surface area (Å²) >= 11 is 5.54. The summed E-state index contributed by atoms with van der Waals surface area (Å²) in [5.74, 6) is -1.52. The smallest absolute Gasteiger partial charge is 0.417 e. The van der Waals surface area contributed by atoms with Gasteiger partial charge in [-0.2, -0.15) is 13.2 Å². The summed E-state index contributed by atoms with van der Waals surface area (Å²) in [7, 11) is -3.68. The number of benzene rings is 2. The van der Waals surface area contributed by atoms with Crippen molar-refractivity contribution in [1.82, 2.24) is 0 Å². The lowest BCUT2D eigenvalue weighted by Crippen LogP contribution is -2.13. The van der Waals surface area contributed by atoms with E-state index in [0.717, 1.165) is 6.07 Å². The van der Waals surface area contributed by atoms with E-state index in [2.05, 4.69) is 5.32 Å². The zero-order valence-electron chi connectivity index (χ0n) is 14.5. The lowest BCUT2D eigenvalue weighted by Gasteiger charge is -2.11. The summed E-state index contributed by atoms with van der Waals surface area (Å²) < 4.78 is 68.7. The van der Waals surface area contributed by atoms with Gasteiger partial charge in [0.25, 0.3) is 5.91 Å². The van der Waals surface area contributed by atoms with E-state index in [0.29, 0.717) is 6.07 Å². The molecule has 5 nitrogen and oxygen atoms in total. The highest BCUT2D eigenvalue weighted by molar-refractivity contribution is 7.90. The second kappa shape index (κ2) is 7.92. The lowest BCUT2D eigenvalue weighted by molar-refractivity contribution is -0.137. The summed E-state index contributed by atoms with van der Waals surface area (Å²) in [5.41, 5.74) is -1.23. The van der Waals surface area contributed by atoms with Crippen LogP contribution in [0.15, 0.2) is 70.0 Å². The molecule has 0 fully saturated rings. The van der Waals surface area contributed by atoms with E-state index in [4.69, 9.17) is 16.0 Å². The van der Waals surface area contributed by atoms with Crippen LogP contribution in [0.4, 0.5) is 18.9 Å². The molecule has 0 aliphatic carbocycles. The van der Waals surface area contributed by atoms with Gasteiger partial charge in [-0.05, 0) is 42.5 Å². The van der Waals surface area contributed by atoms with E-state index in [9.17, 15) is 26.4 Å². The molecule has 0 atom stereocenters. The fourth-order valence-electron chi connectivity index (χ4n) is 2.49. The number of carbonyl (C=O) groups is 1. The van der Waals surface area contributed by atoms with Crippen molar-refractivity contribution in [2.24, 2.45) is 0 Å². The van der Waals surface area contributed by atoms with E-state index in [1.165, 1.54) is 30.3 Å². The second-order valence-electron chi connectivity index (χ2n) is 5.98. The van der Waals surface area contributed by atoms with Crippen molar-refractivity contribution in [2.75, 3.05) is 5.32 Å². The van der Waals surface area contributed by atoms with Gasteiger partial charge in [0.15, 0.2) is 15.6 Å². The maximum Gasteiger partial charge on any atom is 0.417 e. The zero-order chi connectivity index (χ0) is 21.2. The molecule has 29 heavy (non-hydrogen) atoms. The minimum absolute atomic E-state index is 0.0195. The Kier molecular flexibility index (Phi) is 5.72. The second-order valence-corrected chi connectivity index (χ2v) is 8.38. The van der Waals surface area contributed by atoms with Crippen LogP contribution in [0.5, 0.6) is 0 Å². The molecule has 152 valence electrons. The Morgan fingerprint density at radius 1 is 1.03 bits per heavy atom. The van der Waals surface area contributed by atoms with Crippen molar-refractivity contribution in [3.05, 3.63) is 82.8 Å². The number of sulfone groups is 1. The molecule has 1 heterocycles. The summed E-state index contributed by atoms with van der Waals surface area (Å²) in [6.45, 7) is 0. The third-order valence-electron chi connectivity index (χ3n) is 3.85. The van der Waals surface area contributed by atoms with Gasteiger partial charge in [0.05, 0.1) is 15.5 Å². The predicted octanol–water partition coefficient (Wildman–Crippen LogP) is 5.18. The topological polar surface area (TPSA) is 76.4 Å². The molecule has 3 aromatic rings. The Hall–Kier alpha value is -2.78. The number of anilines is 1. The van der Waals surface area contributed by atoms with Gasteiger partial charge in [-0.25, -0.2) is 8.42 Å². The predicted molar refractivity (Wildman–Crippen MR) is 100 cm³/mol. The van der Waals surface area contributed by atoms with Crippen LogP contribution in [0.2, 0.25) is 5.02 Å². The van der Waals surface area contributed by atoms with Crippen molar-refractivity contribution in [3.63, 3.8) is 0 Å².